The van der Waals surface area contributed by atoms with Crippen LogP contribution in [0, 0.1) is 11.3 Å². The van der Waals surface area contributed by atoms with Gasteiger partial charge in [-0.15, -0.1) is 23.5 Å². The van der Waals surface area contributed by atoms with Crippen LogP contribution in [0.4, 0.5) is 0 Å². The van der Waals surface area contributed by atoms with Gasteiger partial charge in [0, 0.05) is 24.9 Å². The zero-order valence-corrected chi connectivity index (χ0v) is 24.4. The second-order valence-corrected chi connectivity index (χ2v) is 13.1. The first-order valence-electron chi connectivity index (χ1n) is 13.6. The van der Waals surface area contributed by atoms with Crippen molar-refractivity contribution in [2.45, 2.75) is 45.2 Å². The van der Waals surface area contributed by atoms with Gasteiger partial charge in [-0.1, -0.05) is 63.0 Å². The minimum atomic E-state index is -0.227. The van der Waals surface area contributed by atoms with E-state index in [0.717, 1.165) is 42.7 Å². The molecule has 0 aromatic carbocycles. The lowest BCUT2D eigenvalue weighted by Crippen LogP contribution is -2.63. The molecule has 4 aliphatic rings. The van der Waals surface area contributed by atoms with Crippen molar-refractivity contribution in [3.8, 4) is 0 Å². The second kappa shape index (κ2) is 11.5. The number of nitrogens with zero attached hydrogens (tertiary/aromatic N) is 3. The number of nitrogens with two attached hydrogens (primary N) is 1. The molecule has 1 aromatic rings. The number of carbonyl (C=O) groups excluding carboxylic acids is 1. The zero-order valence-electron chi connectivity index (χ0n) is 22.8. The van der Waals surface area contributed by atoms with Gasteiger partial charge >= 0.3 is 0 Å². The Bertz CT molecular complexity index is 1370. The monoisotopic (exact) mass is 548 g/mol. The maximum atomic E-state index is 13.9. The zero-order chi connectivity index (χ0) is 26.9. The molecule has 2 aliphatic carbocycles. The van der Waals surface area contributed by atoms with Gasteiger partial charge in [0.15, 0.2) is 0 Å². The number of likely N-dealkylation sites (N-methyl/N-ethyl adjacent to an activating group) is 1. The van der Waals surface area contributed by atoms with E-state index < -0.39 is 0 Å². The van der Waals surface area contributed by atoms with Crippen LogP contribution in [0.3, 0.4) is 0 Å². The summed E-state index contributed by atoms with van der Waals surface area (Å²) in [5.74, 6) is 1.91. The highest BCUT2D eigenvalue weighted by molar-refractivity contribution is 8.06. The summed E-state index contributed by atoms with van der Waals surface area (Å²) in [6.07, 6.45) is 20.8. The van der Waals surface area contributed by atoms with E-state index in [1.165, 1.54) is 22.1 Å². The fourth-order valence-corrected chi connectivity index (χ4v) is 7.54. The summed E-state index contributed by atoms with van der Waals surface area (Å²) < 4.78 is 4.14. The van der Waals surface area contributed by atoms with E-state index in [9.17, 15) is 4.79 Å². The van der Waals surface area contributed by atoms with Gasteiger partial charge in [0.25, 0.3) is 5.91 Å². The molecule has 0 saturated carbocycles. The molecule has 5 rings (SSSR count). The fourth-order valence-electron chi connectivity index (χ4n) is 6.23. The average Bonchev–Trinajstić information content (AvgIpc) is 3.16. The van der Waals surface area contributed by atoms with Crippen LogP contribution in [0.25, 0.3) is 11.5 Å². The summed E-state index contributed by atoms with van der Waals surface area (Å²) in [7, 11) is 2.17. The number of aromatic nitrogens is 2. The summed E-state index contributed by atoms with van der Waals surface area (Å²) in [5.41, 5.74) is 9.78. The summed E-state index contributed by atoms with van der Waals surface area (Å²) in [6, 6.07) is 0.428. The maximum Gasteiger partial charge on any atom is 0.257 e. The summed E-state index contributed by atoms with van der Waals surface area (Å²) in [4.78, 5) is 16.2. The molecule has 2 aliphatic heterocycles. The Labute approximate surface area is 235 Å². The van der Waals surface area contributed by atoms with Gasteiger partial charge in [-0.3, -0.25) is 9.48 Å². The maximum absolute atomic E-state index is 13.9. The molecule has 3 unspecified atom stereocenters. The number of rotatable bonds is 10. The van der Waals surface area contributed by atoms with Crippen LogP contribution in [0.1, 0.15) is 43.9 Å². The van der Waals surface area contributed by atoms with Crippen molar-refractivity contribution in [2.75, 3.05) is 31.6 Å². The first-order valence-corrected chi connectivity index (χ1v) is 15.7. The van der Waals surface area contributed by atoms with Crippen LogP contribution >= 0.6 is 23.5 Å². The molecule has 0 fully saturated rings. The van der Waals surface area contributed by atoms with E-state index >= 15 is 0 Å². The molecule has 0 radical (unpaired) electrons. The van der Waals surface area contributed by atoms with E-state index in [4.69, 9.17) is 5.73 Å². The van der Waals surface area contributed by atoms with Crippen molar-refractivity contribution in [1.29, 1.82) is 0 Å². The van der Waals surface area contributed by atoms with E-state index in [2.05, 4.69) is 91.1 Å². The Morgan fingerprint density at radius 2 is 2.18 bits per heavy atom. The number of fused-ring (bicyclic) bond motifs is 5. The molecule has 7 heteroatoms. The molecule has 5 nitrogen and oxygen atoms in total. The smallest absolute Gasteiger partial charge is 0.257 e. The summed E-state index contributed by atoms with van der Waals surface area (Å²) in [5, 5.41) is 6.36. The Morgan fingerprint density at radius 1 is 1.34 bits per heavy atom. The molecule has 0 bridgehead atoms. The number of thioether (sulfide) groups is 2. The van der Waals surface area contributed by atoms with E-state index in [-0.39, 0.29) is 23.3 Å². The van der Waals surface area contributed by atoms with Gasteiger partial charge in [0.2, 0.25) is 0 Å². The minimum Gasteiger partial charge on any atom is -0.329 e. The van der Waals surface area contributed by atoms with Gasteiger partial charge in [-0.2, -0.15) is 0 Å². The number of hydrogen-bond acceptors (Lipinski definition) is 5. The number of carbonyl (C=O) groups is 1. The summed E-state index contributed by atoms with van der Waals surface area (Å²) >= 11 is 3.55. The van der Waals surface area contributed by atoms with Crippen molar-refractivity contribution in [3.05, 3.63) is 81.9 Å². The second-order valence-electron chi connectivity index (χ2n) is 11.1. The fraction of sp³-hybridized carbons (Fsp3) is 0.452. The van der Waals surface area contributed by atoms with Crippen LogP contribution in [-0.2, 0) is 0 Å². The molecule has 0 spiro atoms. The molecule has 38 heavy (non-hydrogen) atoms. The predicted octanol–water partition coefficient (Wildman–Crippen LogP) is 4.62. The lowest BCUT2D eigenvalue weighted by molar-refractivity contribution is 0.0772. The van der Waals surface area contributed by atoms with Crippen molar-refractivity contribution < 1.29 is 4.79 Å². The lowest BCUT2D eigenvalue weighted by atomic mass is 9.72. The third-order valence-electron chi connectivity index (χ3n) is 8.22. The molecular formula is C31H40N4OS2. The largest absolute Gasteiger partial charge is 0.329 e. The quantitative estimate of drug-likeness (QED) is 0.342. The Balaban J connectivity index is 1.44. The van der Waals surface area contributed by atoms with Gasteiger partial charge in [0.1, 0.15) is 0 Å². The topological polar surface area (TPSA) is 56.2 Å². The lowest BCUT2D eigenvalue weighted by Gasteiger charge is -2.41. The highest BCUT2D eigenvalue weighted by Gasteiger charge is 2.44. The minimum absolute atomic E-state index is 0.0452. The van der Waals surface area contributed by atoms with Crippen LogP contribution in [0.2, 0.25) is 0 Å². The van der Waals surface area contributed by atoms with Crippen LogP contribution in [0.15, 0.2) is 71.2 Å². The highest BCUT2D eigenvalue weighted by Crippen LogP contribution is 2.48. The highest BCUT2D eigenvalue weighted by atomic mass is 32.2. The SMILES string of the molecule is C=CSCCC(CN)N(C)CC/C=C/C1=CC=CC2C3=C1C(C)(C)CC=CC3C(=O)n1c3c(n12)=CSCC=3. The number of hydrogen-bond donors (Lipinski definition) is 1. The van der Waals surface area contributed by atoms with Gasteiger partial charge < -0.3 is 10.6 Å². The van der Waals surface area contributed by atoms with Gasteiger partial charge in [0.05, 0.1) is 22.7 Å². The van der Waals surface area contributed by atoms with Gasteiger partial charge in [-0.25, -0.2) is 4.68 Å². The predicted molar refractivity (Wildman–Crippen MR) is 165 cm³/mol. The Kier molecular flexibility index (Phi) is 8.29. The molecule has 1 aromatic heterocycles. The van der Waals surface area contributed by atoms with E-state index in [1.807, 2.05) is 10.1 Å². The molecule has 3 heterocycles. The Hall–Kier alpha value is -2.19. The van der Waals surface area contributed by atoms with Crippen LogP contribution < -0.4 is 16.4 Å². The molecule has 0 amide bonds. The van der Waals surface area contributed by atoms with Crippen molar-refractivity contribution in [1.82, 2.24) is 14.3 Å². The number of allylic oxidation sites excluding steroid dienone is 9. The molecule has 0 saturated heterocycles. The first kappa shape index (κ1) is 27.4. The average molecular weight is 549 g/mol. The normalized spacial score (nSPS) is 24.2. The summed E-state index contributed by atoms with van der Waals surface area (Å²) in [6.45, 7) is 10.1. The third kappa shape index (κ3) is 4.94. The van der Waals surface area contributed by atoms with Gasteiger partial charge in [-0.05, 0) is 71.1 Å². The first-order chi connectivity index (χ1) is 18.4. The van der Waals surface area contributed by atoms with Crippen LogP contribution in [-0.4, -0.2) is 57.9 Å². The molecule has 3 atom stereocenters. The standard InChI is InChI=1S/C31H40N4OS2/c1-5-37-18-14-23(20-32)33(4)17-7-6-10-22-11-8-13-26-28-24(12-9-16-31(2,3)29(22)28)30(36)35-25-15-19-38-21-27(25)34(26)35/h5-6,8-13,15,21,23-24,26H,1,7,14,16-20,32H2,2-4H3/b10-6+. The van der Waals surface area contributed by atoms with Crippen LogP contribution in [0.5, 0.6) is 0 Å². The Morgan fingerprint density at radius 3 is 2.97 bits per heavy atom. The van der Waals surface area contributed by atoms with E-state index in [1.54, 1.807) is 23.5 Å². The van der Waals surface area contributed by atoms with Crippen molar-refractivity contribution >= 4 is 40.9 Å². The third-order valence-corrected chi connectivity index (χ3v) is 9.68. The molecule has 202 valence electrons. The van der Waals surface area contributed by atoms with Crippen molar-refractivity contribution in [2.24, 2.45) is 17.1 Å². The van der Waals surface area contributed by atoms with E-state index in [0.29, 0.717) is 12.6 Å². The van der Waals surface area contributed by atoms with Crippen molar-refractivity contribution in [3.63, 3.8) is 0 Å². The molecule has 2 N–H and O–H groups in total. The molecular weight excluding hydrogens is 509 g/mol.